The Kier molecular flexibility index (Phi) is 6.61. The van der Waals surface area contributed by atoms with Gasteiger partial charge in [0.25, 0.3) is 0 Å². The van der Waals surface area contributed by atoms with Gasteiger partial charge in [-0.3, -0.25) is 4.84 Å². The molecule has 6 heteroatoms. The summed E-state index contributed by atoms with van der Waals surface area (Å²) in [6.07, 6.45) is 14.2. The van der Waals surface area contributed by atoms with E-state index in [-0.39, 0.29) is 0 Å². The summed E-state index contributed by atoms with van der Waals surface area (Å²) in [6, 6.07) is 0. The number of hydrogen-bond donors (Lipinski definition) is 2. The summed E-state index contributed by atoms with van der Waals surface area (Å²) in [7, 11) is 0. The van der Waals surface area contributed by atoms with Crippen LogP contribution in [0.5, 0.6) is 0 Å². The minimum Gasteiger partial charge on any atom is -0.479 e. The highest BCUT2D eigenvalue weighted by molar-refractivity contribution is 5.72. The Morgan fingerprint density at radius 3 is 2.82 bits per heavy atom. The first kappa shape index (κ1) is 16.7. The Bertz CT molecular complexity index is 479. The van der Waals surface area contributed by atoms with E-state index in [4.69, 9.17) is 11.0 Å². The van der Waals surface area contributed by atoms with Gasteiger partial charge >= 0.3 is 5.97 Å². The lowest BCUT2D eigenvalue weighted by atomic mass is 9.83. The van der Waals surface area contributed by atoms with Gasteiger partial charge in [0.1, 0.15) is 0 Å². The van der Waals surface area contributed by atoms with E-state index < -0.39 is 12.1 Å². The van der Waals surface area contributed by atoms with Gasteiger partial charge in [-0.2, -0.15) is 0 Å². The number of carboxylic acids is 1. The highest BCUT2D eigenvalue weighted by Gasteiger charge is 2.19. The molecule has 0 bridgehead atoms. The minimum atomic E-state index is -1.01. The molecule has 1 aliphatic rings. The molecule has 0 aromatic carbocycles. The molecule has 22 heavy (non-hydrogen) atoms. The predicted octanol–water partition coefficient (Wildman–Crippen LogP) is 2.51. The van der Waals surface area contributed by atoms with Gasteiger partial charge in [0.05, 0.1) is 6.33 Å². The van der Waals surface area contributed by atoms with Crippen molar-refractivity contribution in [1.29, 1.82) is 0 Å². The number of nitrogens with two attached hydrogens (primary N) is 1. The van der Waals surface area contributed by atoms with E-state index in [2.05, 4.69) is 20.5 Å². The third-order valence-electron chi connectivity index (χ3n) is 4.33. The van der Waals surface area contributed by atoms with Crippen molar-refractivity contribution in [2.75, 3.05) is 0 Å². The van der Waals surface area contributed by atoms with Crippen LogP contribution >= 0.6 is 0 Å². The van der Waals surface area contributed by atoms with Crippen LogP contribution < -0.4 is 5.90 Å². The molecule has 0 saturated heterocycles. The second-order valence-electron chi connectivity index (χ2n) is 5.89. The van der Waals surface area contributed by atoms with E-state index in [0.717, 1.165) is 6.54 Å². The number of carboxylic acid groups (broad SMARTS) is 1. The summed E-state index contributed by atoms with van der Waals surface area (Å²) < 4.78 is 2.06. The third kappa shape index (κ3) is 4.96. The van der Waals surface area contributed by atoms with Gasteiger partial charge in [0.15, 0.2) is 6.10 Å². The number of allylic oxidation sites excluding steroid dienone is 2. The van der Waals surface area contributed by atoms with Crippen LogP contribution in [0.15, 0.2) is 30.4 Å². The first-order valence-electron chi connectivity index (χ1n) is 7.93. The quantitative estimate of drug-likeness (QED) is 0.569. The van der Waals surface area contributed by atoms with E-state index in [1.807, 2.05) is 12.5 Å². The number of aromatic nitrogens is 2. The van der Waals surface area contributed by atoms with Gasteiger partial charge in [-0.25, -0.2) is 15.7 Å². The number of rotatable bonds is 8. The average molecular weight is 307 g/mol. The van der Waals surface area contributed by atoms with Crippen LogP contribution in [0.3, 0.4) is 0 Å². The second-order valence-corrected chi connectivity index (χ2v) is 5.89. The topological polar surface area (TPSA) is 90.4 Å². The molecule has 1 saturated carbocycles. The zero-order valence-corrected chi connectivity index (χ0v) is 12.9. The van der Waals surface area contributed by atoms with Crippen LogP contribution in [0.25, 0.3) is 0 Å². The smallest absolute Gasteiger partial charge is 0.334 e. The molecule has 3 N–H and O–H groups in total. The Morgan fingerprint density at radius 1 is 1.45 bits per heavy atom. The molecule has 6 nitrogen and oxygen atoms in total. The molecule has 1 aliphatic carbocycles. The highest BCUT2D eigenvalue weighted by Crippen LogP contribution is 2.31. The average Bonchev–Trinajstić information content (AvgIpc) is 3.04. The van der Waals surface area contributed by atoms with Crippen molar-refractivity contribution < 1.29 is 14.7 Å². The van der Waals surface area contributed by atoms with Crippen molar-refractivity contribution in [2.24, 2.45) is 11.8 Å². The van der Waals surface area contributed by atoms with E-state index in [1.54, 1.807) is 6.20 Å². The maximum atomic E-state index is 10.9. The summed E-state index contributed by atoms with van der Waals surface area (Å²) in [5, 5.41) is 8.96. The summed E-state index contributed by atoms with van der Waals surface area (Å²) in [4.78, 5) is 19.5. The van der Waals surface area contributed by atoms with Gasteiger partial charge in [0.2, 0.25) is 0 Å². The van der Waals surface area contributed by atoms with E-state index in [0.29, 0.717) is 18.8 Å². The number of imidazole rings is 1. The lowest BCUT2D eigenvalue weighted by Crippen LogP contribution is -2.26. The summed E-state index contributed by atoms with van der Waals surface area (Å²) >= 11 is 0. The molecule has 0 radical (unpaired) electrons. The Balaban J connectivity index is 1.99. The van der Waals surface area contributed by atoms with Crippen LogP contribution in [0.4, 0.5) is 0 Å². The summed E-state index contributed by atoms with van der Waals surface area (Å²) in [5.41, 5.74) is 1.37. The molecule has 122 valence electrons. The fourth-order valence-electron chi connectivity index (χ4n) is 3.09. The molecule has 1 fully saturated rings. The maximum absolute atomic E-state index is 10.9. The Hall–Kier alpha value is -1.66. The molecular weight excluding hydrogens is 282 g/mol. The zero-order chi connectivity index (χ0) is 15.8. The van der Waals surface area contributed by atoms with Crippen LogP contribution in [0.1, 0.15) is 44.9 Å². The Labute approximate surface area is 130 Å². The molecule has 0 spiro atoms. The molecule has 1 heterocycles. The molecule has 1 aromatic rings. The van der Waals surface area contributed by atoms with Crippen molar-refractivity contribution in [1.82, 2.24) is 9.55 Å². The van der Waals surface area contributed by atoms with Crippen molar-refractivity contribution in [3.05, 3.63) is 30.4 Å². The predicted molar refractivity (Wildman–Crippen MR) is 82.8 cm³/mol. The molecule has 1 atom stereocenters. The lowest BCUT2D eigenvalue weighted by molar-refractivity contribution is -0.151. The first-order valence-corrected chi connectivity index (χ1v) is 7.93. The van der Waals surface area contributed by atoms with E-state index >= 15 is 0 Å². The largest absolute Gasteiger partial charge is 0.479 e. The van der Waals surface area contributed by atoms with Crippen LogP contribution in [-0.4, -0.2) is 26.7 Å². The molecule has 0 aliphatic heterocycles. The Morgan fingerprint density at radius 2 is 2.23 bits per heavy atom. The third-order valence-corrected chi connectivity index (χ3v) is 4.33. The maximum Gasteiger partial charge on any atom is 0.334 e. The fourth-order valence-corrected chi connectivity index (χ4v) is 3.09. The van der Waals surface area contributed by atoms with Crippen molar-refractivity contribution >= 4 is 5.97 Å². The monoisotopic (exact) mass is 307 g/mol. The van der Waals surface area contributed by atoms with Crippen LogP contribution in [0, 0.1) is 5.92 Å². The fraction of sp³-hybridized carbons (Fsp3) is 0.625. The lowest BCUT2D eigenvalue weighted by Gasteiger charge is -2.25. The molecule has 1 unspecified atom stereocenters. The van der Waals surface area contributed by atoms with Gasteiger partial charge in [0, 0.05) is 18.9 Å². The highest BCUT2D eigenvalue weighted by atomic mass is 16.6. The second kappa shape index (κ2) is 8.70. The number of hydrogen-bond acceptors (Lipinski definition) is 4. The van der Waals surface area contributed by atoms with Gasteiger partial charge < -0.3 is 9.67 Å². The van der Waals surface area contributed by atoms with Crippen molar-refractivity contribution in [3.63, 3.8) is 0 Å². The van der Waals surface area contributed by atoms with Crippen LogP contribution in [0.2, 0.25) is 0 Å². The number of nitrogens with zero attached hydrogens (tertiary/aromatic N) is 2. The van der Waals surface area contributed by atoms with Gasteiger partial charge in [-0.05, 0) is 31.6 Å². The van der Waals surface area contributed by atoms with Gasteiger partial charge in [-0.1, -0.05) is 30.9 Å². The summed E-state index contributed by atoms with van der Waals surface area (Å²) in [5.74, 6) is 4.62. The van der Waals surface area contributed by atoms with Crippen LogP contribution in [-0.2, 0) is 16.2 Å². The van der Waals surface area contributed by atoms with Crippen molar-refractivity contribution in [3.8, 4) is 0 Å². The molecular formula is C16H25N3O3. The zero-order valence-electron chi connectivity index (χ0n) is 12.9. The molecule has 0 amide bonds. The molecule has 2 rings (SSSR count). The van der Waals surface area contributed by atoms with Crippen molar-refractivity contribution in [2.45, 2.75) is 57.6 Å². The summed E-state index contributed by atoms with van der Waals surface area (Å²) in [6.45, 7) is 0.825. The number of aliphatic carboxylic acids is 1. The standard InChI is InChI=1S/C16H25N3O3/c17-22-15(16(20)21)8-4-7-14(11-19-10-9-18-12-19)13-5-2-1-3-6-13/h7,9-10,12-13,15H,1-6,8,11,17H2,(H,20,21)/b14-7+. The minimum absolute atomic E-state index is 0.395. The first-order chi connectivity index (χ1) is 10.7. The van der Waals surface area contributed by atoms with Gasteiger partial charge in [-0.15, -0.1) is 0 Å². The molecule has 1 aromatic heterocycles. The number of carbonyl (C=O) groups is 1. The normalized spacial score (nSPS) is 18.3. The SMILES string of the molecule is NOC(CC/C=C(\Cn1ccnc1)C1CCCCC1)C(=O)O. The van der Waals surface area contributed by atoms with E-state index in [9.17, 15) is 4.79 Å². The van der Waals surface area contributed by atoms with E-state index in [1.165, 1.54) is 37.7 Å².